The lowest BCUT2D eigenvalue weighted by Gasteiger charge is -2.12. The Labute approximate surface area is 145 Å². The van der Waals surface area contributed by atoms with E-state index in [4.69, 9.17) is 5.14 Å². The number of sulfonamides is 1. The van der Waals surface area contributed by atoms with E-state index >= 15 is 0 Å². The first-order valence-corrected chi connectivity index (χ1v) is 9.54. The maximum atomic E-state index is 11.8. The van der Waals surface area contributed by atoms with Crippen molar-refractivity contribution in [3.63, 3.8) is 0 Å². The molecule has 7 nitrogen and oxygen atoms in total. The van der Waals surface area contributed by atoms with E-state index in [9.17, 15) is 18.5 Å². The Bertz CT molecular complexity index is 974. The Morgan fingerprint density at radius 2 is 2.00 bits per heavy atom. The number of anilines is 1. The number of nitro benzene ring substituents is 1. The summed E-state index contributed by atoms with van der Waals surface area (Å²) in [6.07, 6.45) is 1.05. The van der Waals surface area contributed by atoms with Gasteiger partial charge in [-0.1, -0.05) is 24.3 Å². The largest absolute Gasteiger partial charge is 0.384 e. The lowest BCUT2D eigenvalue weighted by Crippen LogP contribution is -2.17. The number of nitro groups is 1. The van der Waals surface area contributed by atoms with Crippen molar-refractivity contribution in [2.75, 3.05) is 11.9 Å². The molecule has 0 saturated heterocycles. The number of non-ortho nitro benzene ring substituents is 1. The van der Waals surface area contributed by atoms with Crippen molar-refractivity contribution >= 4 is 21.4 Å². The van der Waals surface area contributed by atoms with Gasteiger partial charge in [-0.15, -0.1) is 0 Å². The van der Waals surface area contributed by atoms with Crippen molar-refractivity contribution in [3.8, 4) is 0 Å². The lowest BCUT2D eigenvalue weighted by atomic mass is 10.0. The van der Waals surface area contributed by atoms with Crippen LogP contribution in [0.25, 0.3) is 0 Å². The molecule has 0 amide bonds. The number of hydrogen-bond acceptors (Lipinski definition) is 5. The van der Waals surface area contributed by atoms with Gasteiger partial charge in [-0.3, -0.25) is 10.1 Å². The second-order valence-corrected chi connectivity index (χ2v) is 8.15. The van der Waals surface area contributed by atoms with Crippen LogP contribution in [0.15, 0.2) is 47.4 Å². The molecular weight excluding hydrogens is 342 g/mol. The zero-order chi connectivity index (χ0) is 17.8. The smallest absolute Gasteiger partial charge is 0.270 e. The number of nitrogens with zero attached hydrogens (tertiary/aromatic N) is 1. The van der Waals surface area contributed by atoms with Crippen LogP contribution in [-0.4, -0.2) is 19.9 Å². The number of primary sulfonamides is 1. The molecule has 2 aliphatic rings. The highest BCUT2D eigenvalue weighted by atomic mass is 32.2. The topological polar surface area (TPSA) is 115 Å². The third kappa shape index (κ3) is 2.77. The minimum atomic E-state index is -4.05. The summed E-state index contributed by atoms with van der Waals surface area (Å²) in [7, 11) is -4.05. The van der Waals surface area contributed by atoms with E-state index in [2.05, 4.69) is 17.4 Å². The van der Waals surface area contributed by atoms with Gasteiger partial charge in [0.2, 0.25) is 10.0 Å². The summed E-state index contributed by atoms with van der Waals surface area (Å²) < 4.78 is 23.5. The van der Waals surface area contributed by atoms with Crippen LogP contribution in [0.4, 0.5) is 11.4 Å². The van der Waals surface area contributed by atoms with Gasteiger partial charge in [-0.2, -0.15) is 0 Å². The molecule has 25 heavy (non-hydrogen) atoms. The fraction of sp³-hybridized carbons (Fsp3) is 0.294. The van der Waals surface area contributed by atoms with Crippen molar-refractivity contribution in [1.82, 2.24) is 0 Å². The third-order valence-electron chi connectivity index (χ3n) is 5.21. The number of nitrogens with one attached hydrogen (secondary N) is 1. The van der Waals surface area contributed by atoms with Gasteiger partial charge in [0, 0.05) is 18.7 Å². The molecule has 2 aromatic rings. The zero-order valence-electron chi connectivity index (χ0n) is 13.3. The molecule has 3 unspecified atom stereocenters. The third-order valence-corrected chi connectivity index (χ3v) is 6.16. The van der Waals surface area contributed by atoms with Gasteiger partial charge in [0.15, 0.2) is 0 Å². The summed E-state index contributed by atoms with van der Waals surface area (Å²) in [5, 5.41) is 19.2. The molecule has 4 rings (SSSR count). The van der Waals surface area contributed by atoms with Crippen LogP contribution in [0.1, 0.15) is 17.0 Å². The van der Waals surface area contributed by atoms with Crippen LogP contribution in [-0.2, 0) is 16.4 Å². The van der Waals surface area contributed by atoms with Crippen LogP contribution in [0.3, 0.4) is 0 Å². The Morgan fingerprint density at radius 1 is 1.24 bits per heavy atom. The van der Waals surface area contributed by atoms with E-state index < -0.39 is 14.9 Å². The molecular formula is C17H17N3O4S. The number of hydrogen-bond donors (Lipinski definition) is 2. The van der Waals surface area contributed by atoms with E-state index in [-0.39, 0.29) is 10.6 Å². The van der Waals surface area contributed by atoms with Crippen LogP contribution >= 0.6 is 0 Å². The molecule has 2 aromatic carbocycles. The second kappa shape index (κ2) is 5.53. The molecule has 2 aliphatic carbocycles. The zero-order valence-corrected chi connectivity index (χ0v) is 14.1. The van der Waals surface area contributed by atoms with Gasteiger partial charge >= 0.3 is 0 Å². The van der Waals surface area contributed by atoms with Crippen LogP contribution in [0.5, 0.6) is 0 Å². The van der Waals surface area contributed by atoms with E-state index in [0.29, 0.717) is 30.0 Å². The number of nitrogens with two attached hydrogens (primary N) is 1. The van der Waals surface area contributed by atoms with Crippen LogP contribution in [0, 0.1) is 22.0 Å². The summed E-state index contributed by atoms with van der Waals surface area (Å²) in [4.78, 5) is 9.99. The van der Waals surface area contributed by atoms with E-state index in [1.165, 1.54) is 23.3 Å². The first-order valence-electron chi connectivity index (χ1n) is 7.99. The first-order chi connectivity index (χ1) is 11.9. The fourth-order valence-corrected chi connectivity index (χ4v) is 4.73. The monoisotopic (exact) mass is 359 g/mol. The fourth-order valence-electron chi connectivity index (χ4n) is 4.00. The average molecular weight is 359 g/mol. The highest BCUT2D eigenvalue weighted by Crippen LogP contribution is 2.61. The molecule has 3 N–H and O–H groups in total. The Balaban J connectivity index is 1.52. The molecule has 0 bridgehead atoms. The summed E-state index contributed by atoms with van der Waals surface area (Å²) in [5.41, 5.74) is 2.79. The maximum Gasteiger partial charge on any atom is 0.270 e. The van der Waals surface area contributed by atoms with Gasteiger partial charge in [-0.05, 0) is 41.4 Å². The normalized spacial score (nSPS) is 23.6. The van der Waals surface area contributed by atoms with Gasteiger partial charge in [0.05, 0.1) is 10.6 Å². The van der Waals surface area contributed by atoms with Crippen molar-refractivity contribution < 1.29 is 13.3 Å². The highest BCUT2D eigenvalue weighted by molar-refractivity contribution is 7.89. The Hall–Kier alpha value is -2.45. The van der Waals surface area contributed by atoms with Crippen molar-refractivity contribution in [3.05, 3.63) is 63.7 Å². The average Bonchev–Trinajstić information content (AvgIpc) is 3.10. The van der Waals surface area contributed by atoms with E-state index in [1.54, 1.807) is 0 Å². The first kappa shape index (κ1) is 16.0. The molecule has 130 valence electrons. The number of rotatable bonds is 5. The second-order valence-electron chi connectivity index (χ2n) is 6.62. The molecule has 3 atom stereocenters. The Morgan fingerprint density at radius 3 is 2.72 bits per heavy atom. The van der Waals surface area contributed by atoms with Gasteiger partial charge in [-0.25, -0.2) is 13.6 Å². The number of fused-ring (bicyclic) bond motifs is 3. The minimum Gasteiger partial charge on any atom is -0.384 e. The quantitative estimate of drug-likeness (QED) is 0.627. The Kier molecular flexibility index (Phi) is 3.55. The predicted molar refractivity (Wildman–Crippen MR) is 92.8 cm³/mol. The van der Waals surface area contributed by atoms with Gasteiger partial charge in [0.1, 0.15) is 4.90 Å². The SMILES string of the molecule is NS(=O)(=O)c1cc([N+](=O)[O-])ccc1NCC1C2Cc3ccccc3C12. The molecule has 0 spiro atoms. The number of benzene rings is 2. The summed E-state index contributed by atoms with van der Waals surface area (Å²) in [6.45, 7) is 0.615. The minimum absolute atomic E-state index is 0.243. The van der Waals surface area contributed by atoms with E-state index in [1.807, 2.05) is 12.1 Å². The standard InChI is InChI=1S/C17H17N3O4S/c18-25(23,24)16-8-11(20(21)22)5-6-15(16)19-9-14-13-7-10-3-1-2-4-12(10)17(13)14/h1-6,8,13-14,17,19H,7,9H2,(H2,18,23,24). The molecule has 8 heteroatoms. The predicted octanol–water partition coefficient (Wildman–Crippen LogP) is 2.24. The molecule has 1 saturated carbocycles. The van der Waals surface area contributed by atoms with Crippen molar-refractivity contribution in [1.29, 1.82) is 0 Å². The molecule has 0 aromatic heterocycles. The molecule has 0 aliphatic heterocycles. The molecule has 0 radical (unpaired) electrons. The van der Waals surface area contributed by atoms with Gasteiger partial charge < -0.3 is 5.32 Å². The molecule has 1 fully saturated rings. The lowest BCUT2D eigenvalue weighted by molar-refractivity contribution is -0.385. The van der Waals surface area contributed by atoms with E-state index in [0.717, 1.165) is 12.5 Å². The maximum absolute atomic E-state index is 11.8. The molecule has 0 heterocycles. The van der Waals surface area contributed by atoms with Crippen molar-refractivity contribution in [2.24, 2.45) is 17.0 Å². The highest BCUT2D eigenvalue weighted by Gasteiger charge is 2.54. The van der Waals surface area contributed by atoms with Gasteiger partial charge in [0.25, 0.3) is 5.69 Å². The summed E-state index contributed by atoms with van der Waals surface area (Å²) >= 11 is 0. The summed E-state index contributed by atoms with van der Waals surface area (Å²) in [6, 6.07) is 12.1. The van der Waals surface area contributed by atoms with Crippen molar-refractivity contribution in [2.45, 2.75) is 17.2 Å². The summed E-state index contributed by atoms with van der Waals surface area (Å²) in [5.74, 6) is 1.54. The van der Waals surface area contributed by atoms with Crippen LogP contribution in [0.2, 0.25) is 0 Å². The van der Waals surface area contributed by atoms with Crippen LogP contribution < -0.4 is 10.5 Å².